The molecule has 8 rings (SSSR count). The molecule has 4 heterocycles. The van der Waals surface area contributed by atoms with Gasteiger partial charge in [-0.1, -0.05) is 61.7 Å². The molecule has 3 aromatic carbocycles. The normalized spacial score (nSPS) is 17.3. The number of anilines is 1. The predicted molar refractivity (Wildman–Crippen MR) is 256 cm³/mol. The number of halogens is 3. The number of aromatic nitrogens is 1. The van der Waals surface area contributed by atoms with Crippen LogP contribution in [0.4, 0.5) is 18.9 Å². The molecule has 0 unspecified atom stereocenters. The first-order chi connectivity index (χ1) is 33.7. The standard InChI is InChI=1S/C48H62N6O8S.C2HF3O2/c55-40-14-13-37(47-46(40)51-42(56)31-61-47)15-20-49-21-24-54(38-9-2-1-3-10-38)44(57)17-27-59-26-16-35-7-6-8-36(29-35)30-52-22-18-48(19-23-52)34-53(25-28-62-48)45(58)33-60-32-43-50-39-11-4-5-12-41(39)63-43;3-2(4,5)1(6)7/h4-8,11-14,29,38,49,55H,1-3,9-10,15-28,30-34H2,(H,51,56);(H,6,7). The maximum Gasteiger partial charge on any atom is 0.490 e. The summed E-state index contributed by atoms with van der Waals surface area (Å²) in [6.45, 7) is 7.67. The number of benzene rings is 3. The maximum absolute atomic E-state index is 13.6. The van der Waals surface area contributed by atoms with Crippen LogP contribution in [-0.4, -0.2) is 150 Å². The lowest BCUT2D eigenvalue weighted by atomic mass is 9.89. The van der Waals surface area contributed by atoms with Crippen LogP contribution in [0, 0.1) is 0 Å². The number of phenols is 1. The highest BCUT2D eigenvalue weighted by atomic mass is 32.1. The Balaban J connectivity index is 0.000000959. The minimum atomic E-state index is -5.08. The van der Waals surface area contributed by atoms with E-state index in [0.29, 0.717) is 83.4 Å². The average Bonchev–Trinajstić information content (AvgIpc) is 3.77. The van der Waals surface area contributed by atoms with Gasteiger partial charge in [-0.25, -0.2) is 9.78 Å². The molecule has 1 aliphatic carbocycles. The Morgan fingerprint density at radius 1 is 0.957 bits per heavy atom. The molecule has 0 atom stereocenters. The van der Waals surface area contributed by atoms with Gasteiger partial charge in [0.2, 0.25) is 11.8 Å². The Hall–Kier alpha value is -5.38. The van der Waals surface area contributed by atoms with Crippen LogP contribution in [0.5, 0.6) is 11.5 Å². The minimum Gasteiger partial charge on any atom is -0.506 e. The Morgan fingerprint density at radius 2 is 1.73 bits per heavy atom. The first-order valence-electron chi connectivity index (χ1n) is 24.0. The molecule has 4 aliphatic rings. The van der Waals surface area contributed by atoms with Gasteiger partial charge in [-0.3, -0.25) is 19.3 Å². The van der Waals surface area contributed by atoms with Gasteiger partial charge in [0.05, 0.1) is 48.7 Å². The average molecular weight is 997 g/mol. The first-order valence-corrected chi connectivity index (χ1v) is 24.9. The molecule has 380 valence electrons. The van der Waals surface area contributed by atoms with Gasteiger partial charge in [0.15, 0.2) is 12.4 Å². The van der Waals surface area contributed by atoms with E-state index in [-0.39, 0.29) is 48.3 Å². The fraction of sp³-hybridized carbons (Fsp3) is 0.540. The van der Waals surface area contributed by atoms with Crippen LogP contribution in [0.25, 0.3) is 10.2 Å². The number of carboxylic acids is 1. The van der Waals surface area contributed by atoms with E-state index in [1.807, 2.05) is 35.2 Å². The number of carbonyl (C=O) groups is 4. The third-order valence-electron chi connectivity index (χ3n) is 13.1. The fourth-order valence-corrected chi connectivity index (χ4v) is 10.3. The van der Waals surface area contributed by atoms with Crippen molar-refractivity contribution in [3.8, 4) is 11.5 Å². The van der Waals surface area contributed by atoms with Crippen LogP contribution in [-0.2, 0) is 59.4 Å². The van der Waals surface area contributed by atoms with Crippen molar-refractivity contribution >= 4 is 50.9 Å². The number of aliphatic carboxylic acids is 1. The molecule has 1 aromatic heterocycles. The molecule has 0 radical (unpaired) electrons. The minimum absolute atomic E-state index is 0.00619. The topological polar surface area (TPSA) is 192 Å². The third-order valence-corrected chi connectivity index (χ3v) is 14.1. The van der Waals surface area contributed by atoms with Gasteiger partial charge in [-0.05, 0) is 80.0 Å². The number of aromatic hydroxyl groups is 1. The predicted octanol–water partition coefficient (Wildman–Crippen LogP) is 6.32. The zero-order valence-electron chi connectivity index (χ0n) is 39.3. The molecule has 20 heteroatoms. The SMILES string of the molecule is O=C(O)C(F)(F)F.O=C1COc2c(CCNCCN(C(=O)CCOCCc3cccc(CN4CCC5(CC4)CN(C(=O)COCc4nc6ccccc6s4)CCO5)c3)C3CCCCC3)ccc(O)c2N1. The van der Waals surface area contributed by atoms with E-state index in [1.54, 1.807) is 17.4 Å². The summed E-state index contributed by atoms with van der Waals surface area (Å²) >= 11 is 1.60. The number of carboxylic acid groups (broad SMARTS) is 1. The summed E-state index contributed by atoms with van der Waals surface area (Å²) < 4.78 is 56.7. The second kappa shape index (κ2) is 25.1. The second-order valence-corrected chi connectivity index (χ2v) is 19.2. The van der Waals surface area contributed by atoms with Crippen LogP contribution < -0.4 is 15.4 Å². The van der Waals surface area contributed by atoms with Crippen LogP contribution >= 0.6 is 11.3 Å². The zero-order chi connectivity index (χ0) is 49.5. The molecule has 1 saturated carbocycles. The van der Waals surface area contributed by atoms with E-state index in [1.165, 1.54) is 17.5 Å². The lowest BCUT2D eigenvalue weighted by Gasteiger charge is -2.47. The lowest BCUT2D eigenvalue weighted by Crippen LogP contribution is -2.58. The molecule has 4 N–H and O–H groups in total. The Labute approximate surface area is 409 Å². The number of fused-ring (bicyclic) bond motifs is 2. The fourth-order valence-electron chi connectivity index (χ4n) is 9.38. The zero-order valence-corrected chi connectivity index (χ0v) is 40.1. The number of alkyl halides is 3. The Kier molecular flexibility index (Phi) is 18.8. The van der Waals surface area contributed by atoms with Crippen molar-refractivity contribution in [2.24, 2.45) is 0 Å². The lowest BCUT2D eigenvalue weighted by molar-refractivity contribution is -0.192. The van der Waals surface area contributed by atoms with Gasteiger partial charge in [-0.2, -0.15) is 13.2 Å². The monoisotopic (exact) mass is 996 g/mol. The molecule has 16 nitrogen and oxygen atoms in total. The van der Waals surface area contributed by atoms with Crippen molar-refractivity contribution in [3.05, 3.63) is 82.4 Å². The maximum atomic E-state index is 13.6. The van der Waals surface area contributed by atoms with Crippen molar-refractivity contribution in [2.45, 2.75) is 95.2 Å². The van der Waals surface area contributed by atoms with Gasteiger partial charge in [0, 0.05) is 51.9 Å². The number of morpholine rings is 1. The highest BCUT2D eigenvalue weighted by Crippen LogP contribution is 2.39. The third kappa shape index (κ3) is 15.1. The number of likely N-dealkylation sites (tertiary alicyclic amines) is 1. The highest BCUT2D eigenvalue weighted by Gasteiger charge is 2.41. The van der Waals surface area contributed by atoms with Crippen LogP contribution in [0.1, 0.15) is 73.1 Å². The Bertz CT molecular complexity index is 2360. The number of carbonyl (C=O) groups excluding carboxylic acids is 3. The van der Waals surface area contributed by atoms with Crippen molar-refractivity contribution in [3.63, 3.8) is 0 Å². The quantitative estimate of drug-likeness (QED) is 0.0604. The number of piperidine rings is 1. The van der Waals surface area contributed by atoms with E-state index >= 15 is 0 Å². The molecule has 3 amide bonds. The number of phenolic OH excluding ortho intramolecular Hbond substituents is 1. The molecular formula is C50H63F3N6O10S. The number of amides is 3. The molecule has 70 heavy (non-hydrogen) atoms. The summed E-state index contributed by atoms with van der Waals surface area (Å²) in [6, 6.07) is 20.4. The number of nitrogens with zero attached hydrogens (tertiary/aromatic N) is 4. The van der Waals surface area contributed by atoms with Gasteiger partial charge >= 0.3 is 12.1 Å². The number of ether oxygens (including phenoxy) is 4. The summed E-state index contributed by atoms with van der Waals surface area (Å²) in [4.78, 5) is 58.5. The van der Waals surface area contributed by atoms with Crippen molar-refractivity contribution < 1.29 is 61.5 Å². The number of hydrogen-bond acceptors (Lipinski definition) is 13. The molecule has 4 aromatic rings. The van der Waals surface area contributed by atoms with Crippen LogP contribution in [0.2, 0.25) is 0 Å². The van der Waals surface area contributed by atoms with E-state index < -0.39 is 12.1 Å². The number of hydrogen-bond donors (Lipinski definition) is 4. The van der Waals surface area contributed by atoms with Gasteiger partial charge in [0.25, 0.3) is 5.91 Å². The van der Waals surface area contributed by atoms with Crippen molar-refractivity contribution in [1.82, 2.24) is 25.0 Å². The number of para-hydroxylation sites is 1. The summed E-state index contributed by atoms with van der Waals surface area (Å²) in [5.74, 6) is -2.37. The molecule has 3 aliphatic heterocycles. The van der Waals surface area contributed by atoms with Crippen LogP contribution in [0.3, 0.4) is 0 Å². The number of rotatable bonds is 19. The number of thiazole rings is 1. The molecule has 0 bridgehead atoms. The molecule has 2 saturated heterocycles. The van der Waals surface area contributed by atoms with Gasteiger partial charge < -0.3 is 49.6 Å². The molecular weight excluding hydrogens is 934 g/mol. The summed E-state index contributed by atoms with van der Waals surface area (Å²) in [7, 11) is 0. The Morgan fingerprint density at radius 3 is 2.50 bits per heavy atom. The number of nitrogens with one attached hydrogen (secondary N) is 2. The summed E-state index contributed by atoms with van der Waals surface area (Å²) in [6.07, 6.45) is 4.10. The van der Waals surface area contributed by atoms with Crippen molar-refractivity contribution in [1.29, 1.82) is 0 Å². The van der Waals surface area contributed by atoms with E-state index in [4.69, 9.17) is 28.8 Å². The summed E-state index contributed by atoms with van der Waals surface area (Å²) in [5, 5.41) is 24.4. The van der Waals surface area contributed by atoms with Gasteiger partial charge in [0.1, 0.15) is 23.1 Å². The van der Waals surface area contributed by atoms with Gasteiger partial charge in [-0.15, -0.1) is 11.3 Å². The van der Waals surface area contributed by atoms with Crippen LogP contribution in [0.15, 0.2) is 60.7 Å². The molecule has 3 fully saturated rings. The smallest absolute Gasteiger partial charge is 0.490 e. The highest BCUT2D eigenvalue weighted by molar-refractivity contribution is 7.18. The largest absolute Gasteiger partial charge is 0.506 e. The summed E-state index contributed by atoms with van der Waals surface area (Å²) in [5.41, 5.74) is 4.39. The van der Waals surface area contributed by atoms with E-state index in [9.17, 15) is 32.7 Å². The first kappa shape index (κ1) is 52.4. The second-order valence-electron chi connectivity index (χ2n) is 18.1. The van der Waals surface area contributed by atoms with Crippen molar-refractivity contribution in [2.75, 3.05) is 84.2 Å². The molecule has 1 spiro atoms. The van der Waals surface area contributed by atoms with E-state index in [0.717, 1.165) is 85.4 Å². The van der Waals surface area contributed by atoms with E-state index in [2.05, 4.69) is 49.7 Å².